The lowest BCUT2D eigenvalue weighted by Gasteiger charge is -2.03. The largest absolute Gasteiger partial charge is 0.357 e. The van der Waals surface area contributed by atoms with Crippen molar-refractivity contribution in [1.82, 2.24) is 0 Å². The molecule has 1 aromatic carbocycles. The third kappa shape index (κ3) is 3.76. The molecule has 0 aliphatic heterocycles. The predicted molar refractivity (Wildman–Crippen MR) is 55.3 cm³/mol. The first-order valence-corrected chi connectivity index (χ1v) is 5.59. The van der Waals surface area contributed by atoms with Crippen LogP contribution < -0.4 is 4.72 Å². The van der Waals surface area contributed by atoms with E-state index in [1.54, 1.807) is 24.3 Å². The van der Waals surface area contributed by atoms with Gasteiger partial charge in [0.1, 0.15) is 0 Å². The maximum Gasteiger partial charge on any atom is 0.357 e. The zero-order valence-electron chi connectivity index (χ0n) is 7.60. The molecule has 0 saturated heterocycles. The highest BCUT2D eigenvalue weighted by Crippen LogP contribution is 2.11. The summed E-state index contributed by atoms with van der Waals surface area (Å²) in [6, 6.07) is 6.77. The lowest BCUT2D eigenvalue weighted by Crippen LogP contribution is -2.10. The summed E-state index contributed by atoms with van der Waals surface area (Å²) < 4.78 is 31.3. The molecule has 14 heavy (non-hydrogen) atoms. The van der Waals surface area contributed by atoms with Crippen LogP contribution in [0, 0.1) is 6.92 Å². The van der Waals surface area contributed by atoms with E-state index in [-0.39, 0.29) is 0 Å². The van der Waals surface area contributed by atoms with Crippen LogP contribution in [0.25, 0.3) is 0 Å². The zero-order chi connectivity index (χ0) is 10.6. The fraction of sp³-hybridized carbons (Fsp3) is 0.222. The molecule has 2 N–H and O–H groups in total. The monoisotopic (exact) mass is 214 g/mol. The Labute approximate surface area is 83.8 Å². The van der Waals surface area contributed by atoms with E-state index in [2.05, 4.69) is 6.92 Å². The molecule has 0 aliphatic rings. The van der Waals surface area contributed by atoms with Gasteiger partial charge in [-0.3, -0.25) is 9.27 Å². The highest BCUT2D eigenvalue weighted by molar-refractivity contribution is 7.87. The van der Waals surface area contributed by atoms with Crippen LogP contribution in [-0.4, -0.2) is 13.0 Å². The number of rotatable bonds is 4. The van der Waals surface area contributed by atoms with Crippen LogP contribution in [0.4, 0.5) is 5.69 Å². The average molecular weight is 214 g/mol. The molecule has 0 bridgehead atoms. The summed E-state index contributed by atoms with van der Waals surface area (Å²) in [5.41, 5.74) is 1.43. The van der Waals surface area contributed by atoms with Gasteiger partial charge in [-0.2, -0.15) is 8.42 Å². The molecule has 4 nitrogen and oxygen atoms in total. The molecule has 0 unspecified atom stereocenters. The standard InChI is InChI=1S/C9H12NO3S/c1-2-3-8-4-6-9(7-5-8)10-14(11,12)13/h4-7,10H,1-3H2,(H,11,12,13). The average Bonchev–Trinajstić information content (AvgIpc) is 2.06. The highest BCUT2D eigenvalue weighted by Gasteiger charge is 2.02. The normalized spacial score (nSPS) is 11.3. The van der Waals surface area contributed by atoms with Crippen LogP contribution in [-0.2, 0) is 16.7 Å². The molecule has 1 rings (SSSR count). The van der Waals surface area contributed by atoms with Gasteiger partial charge in [0.2, 0.25) is 0 Å². The quantitative estimate of drug-likeness (QED) is 0.749. The summed E-state index contributed by atoms with van der Waals surface area (Å²) in [5.74, 6) is 0. The molecule has 5 heteroatoms. The molecule has 0 fully saturated rings. The van der Waals surface area contributed by atoms with Gasteiger partial charge in [-0.1, -0.05) is 19.1 Å². The first kappa shape index (κ1) is 11.0. The Morgan fingerprint density at radius 2 is 1.86 bits per heavy atom. The molecule has 0 atom stereocenters. The summed E-state index contributed by atoms with van der Waals surface area (Å²) >= 11 is 0. The summed E-state index contributed by atoms with van der Waals surface area (Å²) in [6.45, 7) is 3.71. The van der Waals surface area contributed by atoms with Gasteiger partial charge in [-0.25, -0.2) is 0 Å². The van der Waals surface area contributed by atoms with Gasteiger partial charge in [-0.05, 0) is 30.5 Å². The van der Waals surface area contributed by atoms with Gasteiger partial charge < -0.3 is 0 Å². The first-order valence-electron chi connectivity index (χ1n) is 4.14. The molecule has 0 aliphatic carbocycles. The van der Waals surface area contributed by atoms with Gasteiger partial charge in [0.15, 0.2) is 0 Å². The summed E-state index contributed by atoms with van der Waals surface area (Å²) in [4.78, 5) is 0. The van der Waals surface area contributed by atoms with Crippen molar-refractivity contribution in [3.8, 4) is 0 Å². The second-order valence-corrected chi connectivity index (χ2v) is 4.03. The number of hydrogen-bond acceptors (Lipinski definition) is 2. The fourth-order valence-corrected chi connectivity index (χ4v) is 1.53. The number of benzene rings is 1. The Morgan fingerprint density at radius 3 is 2.29 bits per heavy atom. The van der Waals surface area contributed by atoms with Crippen molar-refractivity contribution < 1.29 is 13.0 Å². The molecule has 1 aromatic rings. The minimum absolute atomic E-state index is 0.348. The maximum absolute atomic E-state index is 10.4. The van der Waals surface area contributed by atoms with E-state index in [1.165, 1.54) is 0 Å². The summed E-state index contributed by atoms with van der Waals surface area (Å²) in [6.07, 6.45) is 1.65. The molecule has 1 radical (unpaired) electrons. The van der Waals surface area contributed by atoms with Crippen molar-refractivity contribution in [3.05, 3.63) is 36.8 Å². The van der Waals surface area contributed by atoms with Crippen LogP contribution in [0.15, 0.2) is 24.3 Å². The molecule has 0 amide bonds. The van der Waals surface area contributed by atoms with Crippen molar-refractivity contribution in [2.24, 2.45) is 0 Å². The van der Waals surface area contributed by atoms with Crippen LogP contribution >= 0.6 is 0 Å². The topological polar surface area (TPSA) is 66.4 Å². The third-order valence-electron chi connectivity index (χ3n) is 1.67. The highest BCUT2D eigenvalue weighted by atomic mass is 32.2. The van der Waals surface area contributed by atoms with E-state index in [1.807, 2.05) is 4.72 Å². The third-order valence-corrected chi connectivity index (χ3v) is 2.16. The van der Waals surface area contributed by atoms with Crippen molar-refractivity contribution in [2.45, 2.75) is 12.8 Å². The minimum atomic E-state index is -4.16. The second-order valence-electron chi connectivity index (χ2n) is 2.88. The molecule has 0 aromatic heterocycles. The van der Waals surface area contributed by atoms with Crippen LogP contribution in [0.5, 0.6) is 0 Å². The van der Waals surface area contributed by atoms with E-state index in [4.69, 9.17) is 4.55 Å². The van der Waals surface area contributed by atoms with Crippen LogP contribution in [0.2, 0.25) is 0 Å². The predicted octanol–water partition coefficient (Wildman–Crippen LogP) is 1.67. The van der Waals surface area contributed by atoms with Crippen LogP contribution in [0.3, 0.4) is 0 Å². The van der Waals surface area contributed by atoms with Gasteiger partial charge in [0.25, 0.3) is 0 Å². The molecular formula is C9H12NO3S. The second kappa shape index (κ2) is 4.43. The Morgan fingerprint density at radius 1 is 1.29 bits per heavy atom. The lowest BCUT2D eigenvalue weighted by atomic mass is 10.1. The molecule has 0 saturated carbocycles. The van der Waals surface area contributed by atoms with Crippen molar-refractivity contribution in [1.29, 1.82) is 0 Å². The summed E-state index contributed by atoms with van der Waals surface area (Å²) in [5, 5.41) is 0. The van der Waals surface area contributed by atoms with Crippen molar-refractivity contribution in [3.63, 3.8) is 0 Å². The van der Waals surface area contributed by atoms with E-state index in [0.29, 0.717) is 5.69 Å². The molecule has 0 spiro atoms. The smallest absolute Gasteiger partial charge is 0.269 e. The van der Waals surface area contributed by atoms with Gasteiger partial charge in [-0.15, -0.1) is 0 Å². The lowest BCUT2D eigenvalue weighted by molar-refractivity contribution is 0.489. The minimum Gasteiger partial charge on any atom is -0.269 e. The van der Waals surface area contributed by atoms with Crippen molar-refractivity contribution >= 4 is 16.0 Å². The number of nitrogens with one attached hydrogen (secondary N) is 1. The van der Waals surface area contributed by atoms with E-state index >= 15 is 0 Å². The number of aryl methyl sites for hydroxylation is 1. The number of anilines is 1. The Bertz CT molecular complexity index is 383. The first-order chi connectivity index (χ1) is 6.51. The number of hydrogen-bond donors (Lipinski definition) is 2. The summed E-state index contributed by atoms with van der Waals surface area (Å²) in [7, 11) is -4.16. The SMILES string of the molecule is [CH2]CCc1ccc(NS(=O)(=O)O)cc1. The van der Waals surface area contributed by atoms with Gasteiger partial charge >= 0.3 is 10.3 Å². The van der Waals surface area contributed by atoms with Gasteiger partial charge in [0, 0.05) is 0 Å². The van der Waals surface area contributed by atoms with Gasteiger partial charge in [0.05, 0.1) is 5.69 Å². The van der Waals surface area contributed by atoms with E-state index in [0.717, 1.165) is 18.4 Å². The Kier molecular flexibility index (Phi) is 3.49. The Balaban J connectivity index is 2.74. The molecule has 77 valence electrons. The maximum atomic E-state index is 10.4. The fourth-order valence-electron chi connectivity index (χ4n) is 1.09. The van der Waals surface area contributed by atoms with Crippen LogP contribution in [0.1, 0.15) is 12.0 Å². The molecule has 0 heterocycles. The van der Waals surface area contributed by atoms with Crippen molar-refractivity contribution in [2.75, 3.05) is 4.72 Å². The van der Waals surface area contributed by atoms with E-state index < -0.39 is 10.3 Å². The van der Waals surface area contributed by atoms with E-state index in [9.17, 15) is 8.42 Å². The zero-order valence-corrected chi connectivity index (χ0v) is 8.42. The Hall–Kier alpha value is -1.07. The molecular weight excluding hydrogens is 202 g/mol.